The van der Waals surface area contributed by atoms with Crippen LogP contribution in [0.15, 0.2) is 72.8 Å². The average Bonchev–Trinajstić information content (AvgIpc) is 2.73. The molecule has 1 heterocycles. The Morgan fingerprint density at radius 1 is 0.929 bits per heavy atom. The number of hydrogen-bond acceptors (Lipinski definition) is 5. The highest BCUT2D eigenvalue weighted by Gasteiger charge is 2.10. The second-order valence-corrected chi connectivity index (χ2v) is 6.66. The van der Waals surface area contributed by atoms with E-state index >= 15 is 0 Å². The molecule has 1 aromatic heterocycles. The predicted molar refractivity (Wildman–Crippen MR) is 115 cm³/mol. The summed E-state index contributed by atoms with van der Waals surface area (Å²) in [7, 11) is 1.61. The summed E-state index contributed by atoms with van der Waals surface area (Å²) in [5, 5.41) is 8.21. The fourth-order valence-corrected chi connectivity index (χ4v) is 3.12. The summed E-state index contributed by atoms with van der Waals surface area (Å²) in [5.74, 6) is 1.90. The monoisotopic (exact) mass is 390 g/mol. The van der Waals surface area contributed by atoms with Gasteiger partial charge in [-0.3, -0.25) is 0 Å². The van der Waals surface area contributed by atoms with Crippen LogP contribution in [0.3, 0.4) is 0 Å². The maximum atomic E-state index is 6.14. The van der Waals surface area contributed by atoms with Crippen LogP contribution < -0.4 is 15.4 Å². The van der Waals surface area contributed by atoms with Gasteiger partial charge in [-0.15, -0.1) is 0 Å². The zero-order chi connectivity index (χ0) is 19.3. The van der Waals surface area contributed by atoms with Crippen LogP contribution in [-0.2, 0) is 6.54 Å². The highest BCUT2D eigenvalue weighted by Crippen LogP contribution is 2.31. The quantitative estimate of drug-likeness (QED) is 0.445. The molecule has 0 aliphatic rings. The maximum absolute atomic E-state index is 6.14. The normalized spacial score (nSPS) is 10.6. The first-order valence-electron chi connectivity index (χ1n) is 8.88. The summed E-state index contributed by atoms with van der Waals surface area (Å²) < 4.78 is 5.40. The van der Waals surface area contributed by atoms with E-state index in [9.17, 15) is 0 Å². The predicted octanol–water partition coefficient (Wildman–Crippen LogP) is 5.65. The maximum Gasteiger partial charge on any atom is 0.229 e. The van der Waals surface area contributed by atoms with Crippen LogP contribution >= 0.6 is 11.6 Å². The summed E-state index contributed by atoms with van der Waals surface area (Å²) in [6, 6.07) is 23.5. The van der Waals surface area contributed by atoms with Gasteiger partial charge >= 0.3 is 0 Å². The molecule has 140 valence electrons. The molecule has 0 radical (unpaired) electrons. The highest BCUT2D eigenvalue weighted by atomic mass is 35.5. The third-order valence-corrected chi connectivity index (χ3v) is 4.55. The Balaban J connectivity index is 1.69. The lowest BCUT2D eigenvalue weighted by Gasteiger charge is -2.14. The molecule has 0 atom stereocenters. The van der Waals surface area contributed by atoms with Crippen molar-refractivity contribution in [1.29, 1.82) is 0 Å². The van der Waals surface area contributed by atoms with E-state index in [2.05, 4.69) is 32.7 Å². The summed E-state index contributed by atoms with van der Waals surface area (Å²) in [5.41, 5.74) is 2.73. The number of nitrogens with zero attached hydrogens (tertiary/aromatic N) is 2. The number of rotatable bonds is 6. The number of methoxy groups -OCH3 is 1. The van der Waals surface area contributed by atoms with Crippen molar-refractivity contribution in [2.75, 3.05) is 17.7 Å². The van der Waals surface area contributed by atoms with Gasteiger partial charge in [0.2, 0.25) is 5.95 Å². The van der Waals surface area contributed by atoms with Crippen molar-refractivity contribution >= 4 is 40.0 Å². The van der Waals surface area contributed by atoms with Gasteiger partial charge in [0.15, 0.2) is 0 Å². The molecule has 0 spiro atoms. The van der Waals surface area contributed by atoms with Crippen LogP contribution in [0.2, 0.25) is 5.02 Å². The molecule has 5 nitrogen and oxygen atoms in total. The topological polar surface area (TPSA) is 59.1 Å². The van der Waals surface area contributed by atoms with E-state index in [0.29, 0.717) is 29.0 Å². The molecule has 0 fully saturated rings. The molecule has 0 bridgehead atoms. The van der Waals surface area contributed by atoms with E-state index in [1.807, 2.05) is 42.5 Å². The molecule has 4 aromatic rings. The lowest BCUT2D eigenvalue weighted by Crippen LogP contribution is -2.06. The van der Waals surface area contributed by atoms with Crippen molar-refractivity contribution in [3.8, 4) is 5.75 Å². The van der Waals surface area contributed by atoms with Gasteiger partial charge in [0.25, 0.3) is 0 Å². The molecule has 2 N–H and O–H groups in total. The number of hydrogen-bond donors (Lipinski definition) is 2. The highest BCUT2D eigenvalue weighted by molar-refractivity contribution is 6.31. The lowest BCUT2D eigenvalue weighted by molar-refractivity contribution is 0.417. The van der Waals surface area contributed by atoms with Gasteiger partial charge in [0.1, 0.15) is 11.6 Å². The Morgan fingerprint density at radius 2 is 1.71 bits per heavy atom. The van der Waals surface area contributed by atoms with Crippen molar-refractivity contribution in [3.63, 3.8) is 0 Å². The number of benzene rings is 3. The van der Waals surface area contributed by atoms with Crippen molar-refractivity contribution in [2.45, 2.75) is 6.54 Å². The van der Waals surface area contributed by atoms with E-state index in [1.165, 1.54) is 5.56 Å². The molecule has 4 rings (SSSR count). The summed E-state index contributed by atoms with van der Waals surface area (Å²) in [4.78, 5) is 9.31. The van der Waals surface area contributed by atoms with Gasteiger partial charge in [-0.25, -0.2) is 4.98 Å². The molecule has 6 heteroatoms. The number of aromatic nitrogens is 2. The molecule has 0 aliphatic carbocycles. The Morgan fingerprint density at radius 3 is 2.54 bits per heavy atom. The number of ether oxygens (including phenoxy) is 1. The number of fused-ring (bicyclic) bond motifs is 1. The van der Waals surface area contributed by atoms with E-state index in [0.717, 1.165) is 16.7 Å². The first-order valence-corrected chi connectivity index (χ1v) is 9.26. The molecular weight excluding hydrogens is 372 g/mol. The standard InChI is InChI=1S/C22H19ClN4O/c1-28-20-12-11-16(23)13-19(20)26-22-25-18-10-6-5-9-17(18)21(27-22)24-14-15-7-3-2-4-8-15/h2-13H,14H2,1H3,(H2,24,25,26,27). The van der Waals surface area contributed by atoms with Crippen LogP contribution in [0.25, 0.3) is 10.9 Å². The number of halogens is 1. The van der Waals surface area contributed by atoms with E-state index in [4.69, 9.17) is 16.3 Å². The van der Waals surface area contributed by atoms with E-state index < -0.39 is 0 Å². The Labute approximate surface area is 168 Å². The fourth-order valence-electron chi connectivity index (χ4n) is 2.95. The average molecular weight is 391 g/mol. The van der Waals surface area contributed by atoms with Crippen LogP contribution in [0.5, 0.6) is 5.75 Å². The van der Waals surface area contributed by atoms with Crippen molar-refractivity contribution in [1.82, 2.24) is 9.97 Å². The number of para-hydroxylation sites is 1. The van der Waals surface area contributed by atoms with Crippen molar-refractivity contribution in [2.24, 2.45) is 0 Å². The molecule has 0 saturated heterocycles. The molecule has 28 heavy (non-hydrogen) atoms. The SMILES string of the molecule is COc1ccc(Cl)cc1Nc1nc(NCc2ccccc2)c2ccccc2n1. The minimum absolute atomic E-state index is 0.467. The summed E-state index contributed by atoms with van der Waals surface area (Å²) in [6.07, 6.45) is 0. The fraction of sp³-hybridized carbons (Fsp3) is 0.0909. The first kappa shape index (κ1) is 18.1. The second-order valence-electron chi connectivity index (χ2n) is 6.22. The van der Waals surface area contributed by atoms with Crippen LogP contribution in [0.4, 0.5) is 17.5 Å². The Kier molecular flexibility index (Phi) is 5.26. The zero-order valence-electron chi connectivity index (χ0n) is 15.3. The minimum Gasteiger partial charge on any atom is -0.495 e. The van der Waals surface area contributed by atoms with Gasteiger partial charge in [-0.1, -0.05) is 54.1 Å². The van der Waals surface area contributed by atoms with Crippen molar-refractivity contribution in [3.05, 3.63) is 83.4 Å². The lowest BCUT2D eigenvalue weighted by atomic mass is 10.2. The van der Waals surface area contributed by atoms with Crippen LogP contribution in [0, 0.1) is 0 Å². The molecule has 0 aliphatic heterocycles. The molecule has 0 unspecified atom stereocenters. The van der Waals surface area contributed by atoms with Gasteiger partial charge in [-0.2, -0.15) is 4.98 Å². The van der Waals surface area contributed by atoms with Gasteiger partial charge in [0, 0.05) is 17.0 Å². The van der Waals surface area contributed by atoms with E-state index in [-0.39, 0.29) is 0 Å². The van der Waals surface area contributed by atoms with Gasteiger partial charge < -0.3 is 15.4 Å². The molecule has 3 aromatic carbocycles. The first-order chi connectivity index (χ1) is 13.7. The zero-order valence-corrected chi connectivity index (χ0v) is 16.1. The summed E-state index contributed by atoms with van der Waals surface area (Å²) in [6.45, 7) is 0.668. The molecular formula is C22H19ClN4O. The van der Waals surface area contributed by atoms with E-state index in [1.54, 1.807) is 25.3 Å². The minimum atomic E-state index is 0.467. The summed E-state index contributed by atoms with van der Waals surface area (Å²) >= 11 is 6.14. The van der Waals surface area contributed by atoms with Gasteiger partial charge in [0.05, 0.1) is 18.3 Å². The Hall–Kier alpha value is -3.31. The third kappa shape index (κ3) is 4.00. The molecule has 0 saturated carbocycles. The molecule has 0 amide bonds. The van der Waals surface area contributed by atoms with Gasteiger partial charge in [-0.05, 0) is 35.9 Å². The largest absolute Gasteiger partial charge is 0.495 e. The van der Waals surface area contributed by atoms with Crippen molar-refractivity contribution < 1.29 is 4.74 Å². The van der Waals surface area contributed by atoms with Crippen LogP contribution in [0.1, 0.15) is 5.56 Å². The number of anilines is 3. The number of nitrogens with one attached hydrogen (secondary N) is 2. The second kappa shape index (κ2) is 8.15. The van der Waals surface area contributed by atoms with Crippen LogP contribution in [-0.4, -0.2) is 17.1 Å². The Bertz CT molecular complexity index is 1100. The smallest absolute Gasteiger partial charge is 0.229 e. The third-order valence-electron chi connectivity index (χ3n) is 4.31.